The lowest BCUT2D eigenvalue weighted by atomic mass is 9.98. The maximum absolute atomic E-state index is 13.0. The third-order valence-corrected chi connectivity index (χ3v) is 3.90. The van der Waals surface area contributed by atoms with Gasteiger partial charge in [0.25, 0.3) is 5.91 Å². The number of rotatable bonds is 5. The zero-order valence-electron chi connectivity index (χ0n) is 13.5. The number of nitrogens with one attached hydrogen (secondary N) is 1. The summed E-state index contributed by atoms with van der Waals surface area (Å²) in [6, 6.07) is 11.8. The largest absolute Gasteiger partial charge is 0.376 e. The van der Waals surface area contributed by atoms with Crippen LogP contribution in [0.5, 0.6) is 0 Å². The van der Waals surface area contributed by atoms with Crippen molar-refractivity contribution in [2.45, 2.75) is 6.10 Å². The van der Waals surface area contributed by atoms with Crippen LogP contribution in [0.2, 0.25) is 0 Å². The second-order valence-electron chi connectivity index (χ2n) is 5.66. The monoisotopic (exact) mass is 343 g/mol. The highest BCUT2D eigenvalue weighted by molar-refractivity contribution is 6.15. The molecule has 0 spiro atoms. The minimum absolute atomic E-state index is 0.197. The predicted molar refractivity (Wildman–Crippen MR) is 89.2 cm³/mol. The van der Waals surface area contributed by atoms with E-state index in [2.05, 4.69) is 5.32 Å². The number of hydrogen-bond acceptors (Lipinski definition) is 4. The minimum Gasteiger partial charge on any atom is -0.376 e. The van der Waals surface area contributed by atoms with Crippen LogP contribution in [0.4, 0.5) is 4.39 Å². The molecule has 0 aliphatic carbocycles. The summed E-state index contributed by atoms with van der Waals surface area (Å²) in [5.41, 5.74) is 0.867. The molecule has 1 atom stereocenters. The van der Waals surface area contributed by atoms with Gasteiger partial charge in [-0.1, -0.05) is 18.2 Å². The molecular formula is C19H18FNO4. The molecule has 2 aromatic carbocycles. The summed E-state index contributed by atoms with van der Waals surface area (Å²) >= 11 is 0. The molecule has 3 rings (SSSR count). The molecule has 130 valence electrons. The van der Waals surface area contributed by atoms with Crippen molar-refractivity contribution in [3.63, 3.8) is 0 Å². The summed E-state index contributed by atoms with van der Waals surface area (Å²) in [5, 5.41) is 2.77. The SMILES string of the molecule is O=C(NC[C@H]1COCCO1)c1ccccc1C(=O)c1ccc(F)cc1. The van der Waals surface area contributed by atoms with Gasteiger partial charge in [0.05, 0.1) is 31.5 Å². The van der Waals surface area contributed by atoms with E-state index in [-0.39, 0.29) is 28.9 Å². The Morgan fingerprint density at radius 2 is 1.76 bits per heavy atom. The van der Waals surface area contributed by atoms with Crippen molar-refractivity contribution < 1.29 is 23.5 Å². The van der Waals surface area contributed by atoms with Crippen LogP contribution in [0.3, 0.4) is 0 Å². The fraction of sp³-hybridized carbons (Fsp3) is 0.263. The molecule has 2 aromatic rings. The highest BCUT2D eigenvalue weighted by Crippen LogP contribution is 2.15. The number of hydrogen-bond donors (Lipinski definition) is 1. The molecule has 25 heavy (non-hydrogen) atoms. The molecule has 6 heteroatoms. The van der Waals surface area contributed by atoms with Crippen molar-refractivity contribution in [1.29, 1.82) is 0 Å². The first-order chi connectivity index (χ1) is 12.1. The molecule has 1 N–H and O–H groups in total. The Labute approximate surface area is 144 Å². The van der Waals surface area contributed by atoms with Crippen molar-refractivity contribution in [1.82, 2.24) is 5.32 Å². The van der Waals surface area contributed by atoms with Crippen LogP contribution in [-0.2, 0) is 9.47 Å². The zero-order valence-corrected chi connectivity index (χ0v) is 13.5. The molecular weight excluding hydrogens is 325 g/mol. The molecule has 1 aliphatic rings. The fourth-order valence-corrected chi connectivity index (χ4v) is 2.59. The topological polar surface area (TPSA) is 64.6 Å². The normalized spacial score (nSPS) is 17.1. The number of amides is 1. The lowest BCUT2D eigenvalue weighted by Crippen LogP contribution is -2.40. The van der Waals surface area contributed by atoms with Gasteiger partial charge in [-0.2, -0.15) is 0 Å². The highest BCUT2D eigenvalue weighted by Gasteiger charge is 2.20. The van der Waals surface area contributed by atoms with Crippen molar-refractivity contribution in [3.05, 3.63) is 71.0 Å². The molecule has 1 saturated heterocycles. The summed E-state index contributed by atoms with van der Waals surface area (Å²) in [7, 11) is 0. The van der Waals surface area contributed by atoms with Gasteiger partial charge < -0.3 is 14.8 Å². The van der Waals surface area contributed by atoms with Gasteiger partial charge in [-0.15, -0.1) is 0 Å². The number of halogens is 1. The molecule has 1 amide bonds. The maximum Gasteiger partial charge on any atom is 0.252 e. The van der Waals surface area contributed by atoms with Gasteiger partial charge in [0.1, 0.15) is 5.82 Å². The maximum atomic E-state index is 13.0. The van der Waals surface area contributed by atoms with E-state index in [1.54, 1.807) is 24.3 Å². The average Bonchev–Trinajstić information content (AvgIpc) is 2.67. The van der Waals surface area contributed by atoms with Crippen LogP contribution in [-0.4, -0.2) is 44.2 Å². The molecule has 1 aliphatic heterocycles. The van der Waals surface area contributed by atoms with Crippen LogP contribution in [0.25, 0.3) is 0 Å². The van der Waals surface area contributed by atoms with Crippen molar-refractivity contribution in [2.24, 2.45) is 0 Å². The van der Waals surface area contributed by atoms with E-state index in [9.17, 15) is 14.0 Å². The van der Waals surface area contributed by atoms with Gasteiger partial charge in [-0.3, -0.25) is 9.59 Å². The van der Waals surface area contributed by atoms with Crippen molar-refractivity contribution in [2.75, 3.05) is 26.4 Å². The fourth-order valence-electron chi connectivity index (χ4n) is 2.59. The average molecular weight is 343 g/mol. The van der Waals surface area contributed by atoms with Gasteiger partial charge in [0.15, 0.2) is 5.78 Å². The van der Waals surface area contributed by atoms with Crippen molar-refractivity contribution in [3.8, 4) is 0 Å². The van der Waals surface area contributed by atoms with E-state index in [1.807, 2.05) is 0 Å². The summed E-state index contributed by atoms with van der Waals surface area (Å²) in [5.74, 6) is -1.11. The van der Waals surface area contributed by atoms with Crippen molar-refractivity contribution >= 4 is 11.7 Å². The molecule has 5 nitrogen and oxygen atoms in total. The first kappa shape index (κ1) is 17.3. The van der Waals surface area contributed by atoms with Gasteiger partial charge in [0, 0.05) is 17.7 Å². The van der Waals surface area contributed by atoms with Gasteiger partial charge in [0.2, 0.25) is 0 Å². The van der Waals surface area contributed by atoms with Crippen LogP contribution in [0, 0.1) is 5.82 Å². The second-order valence-corrected chi connectivity index (χ2v) is 5.66. The van der Waals surface area contributed by atoms with Crippen LogP contribution in [0.15, 0.2) is 48.5 Å². The van der Waals surface area contributed by atoms with Crippen LogP contribution >= 0.6 is 0 Å². The molecule has 0 saturated carbocycles. The molecule has 0 bridgehead atoms. The third-order valence-electron chi connectivity index (χ3n) is 3.90. The first-order valence-corrected chi connectivity index (χ1v) is 8.02. The number of ether oxygens (including phenoxy) is 2. The van der Waals surface area contributed by atoms with Crippen LogP contribution in [0.1, 0.15) is 26.3 Å². The summed E-state index contributed by atoms with van der Waals surface area (Å²) in [4.78, 5) is 25.1. The highest BCUT2D eigenvalue weighted by atomic mass is 19.1. The minimum atomic E-state index is -0.419. The van der Waals surface area contributed by atoms with Gasteiger partial charge >= 0.3 is 0 Å². The number of carbonyl (C=O) groups excluding carboxylic acids is 2. The van der Waals surface area contributed by atoms with Gasteiger partial charge in [-0.05, 0) is 30.3 Å². The molecule has 0 aromatic heterocycles. The quantitative estimate of drug-likeness (QED) is 0.846. The van der Waals surface area contributed by atoms with E-state index in [1.165, 1.54) is 24.3 Å². The van der Waals surface area contributed by atoms with Crippen LogP contribution < -0.4 is 5.32 Å². The lowest BCUT2D eigenvalue weighted by Gasteiger charge is -2.23. The van der Waals surface area contributed by atoms with E-state index in [0.717, 1.165) is 0 Å². The molecule has 0 unspecified atom stereocenters. The second kappa shape index (κ2) is 8.00. The van der Waals surface area contributed by atoms with E-state index >= 15 is 0 Å². The van der Waals surface area contributed by atoms with E-state index < -0.39 is 5.82 Å². The Balaban J connectivity index is 1.74. The molecule has 1 heterocycles. The Morgan fingerprint density at radius 1 is 1.04 bits per heavy atom. The predicted octanol–water partition coefficient (Wildman–Crippen LogP) is 2.20. The third kappa shape index (κ3) is 4.29. The molecule has 0 radical (unpaired) electrons. The number of benzene rings is 2. The first-order valence-electron chi connectivity index (χ1n) is 8.02. The smallest absolute Gasteiger partial charge is 0.252 e. The summed E-state index contributed by atoms with van der Waals surface area (Å²) < 4.78 is 23.8. The van der Waals surface area contributed by atoms with E-state index in [0.29, 0.717) is 31.9 Å². The molecule has 1 fully saturated rings. The van der Waals surface area contributed by atoms with Gasteiger partial charge in [-0.25, -0.2) is 4.39 Å². The number of ketones is 1. The number of carbonyl (C=O) groups is 2. The Bertz CT molecular complexity index is 754. The summed E-state index contributed by atoms with van der Waals surface area (Å²) in [6.45, 7) is 1.79. The van der Waals surface area contributed by atoms with E-state index in [4.69, 9.17) is 9.47 Å². The Morgan fingerprint density at radius 3 is 2.44 bits per heavy atom. The zero-order chi connectivity index (χ0) is 17.6. The standard InChI is InChI=1S/C19H18FNO4/c20-14-7-5-13(6-8-14)18(22)16-3-1-2-4-17(16)19(23)21-11-15-12-24-9-10-25-15/h1-8,15H,9-12H2,(H,21,23)/t15-/m0/s1. The Kier molecular flexibility index (Phi) is 5.53. The summed E-state index contributed by atoms with van der Waals surface area (Å²) in [6.07, 6.45) is -0.197. The Hall–Kier alpha value is -2.57. The lowest BCUT2D eigenvalue weighted by molar-refractivity contribution is -0.0855.